The van der Waals surface area contributed by atoms with Crippen LogP contribution in [0.25, 0.3) is 0 Å². The van der Waals surface area contributed by atoms with Gasteiger partial charge in [-0.1, -0.05) is 12.1 Å². The van der Waals surface area contributed by atoms with Crippen molar-refractivity contribution in [3.05, 3.63) is 101 Å². The Kier molecular flexibility index (Phi) is 10.6. The zero-order chi connectivity index (χ0) is 32.5. The van der Waals surface area contributed by atoms with E-state index in [0.717, 1.165) is 30.8 Å². The number of methoxy groups -OCH3 is 1. The minimum Gasteiger partial charge on any atom is -0.473 e. The van der Waals surface area contributed by atoms with Crippen molar-refractivity contribution >= 4 is 23.3 Å². The first-order valence-electron chi connectivity index (χ1n) is 15.1. The number of rotatable bonds is 12. The topological polar surface area (TPSA) is 134 Å². The molecule has 11 nitrogen and oxygen atoms in total. The van der Waals surface area contributed by atoms with Crippen molar-refractivity contribution in [3.63, 3.8) is 0 Å². The van der Waals surface area contributed by atoms with Gasteiger partial charge in [0.15, 0.2) is 0 Å². The maximum Gasteiger partial charge on any atom is 0.337 e. The predicted molar refractivity (Wildman–Crippen MR) is 170 cm³/mol. The summed E-state index contributed by atoms with van der Waals surface area (Å²) >= 11 is 0. The van der Waals surface area contributed by atoms with Crippen molar-refractivity contribution in [2.45, 2.75) is 45.4 Å². The molecule has 0 spiro atoms. The number of halogens is 1. The number of nitrogens with zero attached hydrogens (tertiary/aromatic N) is 5. The molecule has 1 aliphatic rings. The number of benzene rings is 2. The van der Waals surface area contributed by atoms with Gasteiger partial charge >= 0.3 is 5.97 Å². The van der Waals surface area contributed by atoms with E-state index >= 15 is 0 Å². The Morgan fingerprint density at radius 1 is 1.11 bits per heavy atom. The number of hydrogen-bond donors (Lipinski definition) is 2. The molecule has 0 unspecified atom stereocenters. The smallest absolute Gasteiger partial charge is 0.337 e. The molecule has 0 bridgehead atoms. The van der Waals surface area contributed by atoms with Crippen LogP contribution in [0.1, 0.15) is 58.6 Å². The molecule has 1 aliphatic heterocycles. The van der Waals surface area contributed by atoms with Crippen LogP contribution in [0.2, 0.25) is 0 Å². The molecule has 0 aliphatic carbocycles. The molecule has 2 N–H and O–H groups in total. The number of hydrogen-bond acceptors (Lipinski definition) is 9. The fourth-order valence-electron chi connectivity index (χ4n) is 5.41. The van der Waals surface area contributed by atoms with Crippen molar-refractivity contribution in [1.82, 2.24) is 19.4 Å². The number of carbonyl (C=O) groups is 2. The fourth-order valence-corrected chi connectivity index (χ4v) is 5.41. The number of pyridine rings is 1. The molecule has 2 aromatic heterocycles. The molecule has 5 rings (SSSR count). The summed E-state index contributed by atoms with van der Waals surface area (Å²) < 4.78 is 26.9. The van der Waals surface area contributed by atoms with Gasteiger partial charge in [-0.25, -0.2) is 19.2 Å². The normalized spacial score (nSPS) is 13.5. The molecule has 238 valence electrons. The van der Waals surface area contributed by atoms with Gasteiger partial charge in [-0.2, -0.15) is 5.26 Å². The highest BCUT2D eigenvalue weighted by atomic mass is 19.1. The third-order valence-electron chi connectivity index (χ3n) is 7.99. The summed E-state index contributed by atoms with van der Waals surface area (Å²) in [5.41, 5.74) is 4.02. The van der Waals surface area contributed by atoms with E-state index in [9.17, 15) is 14.0 Å². The SMILES string of the molecule is CCn1cncc1CNc1cc(C(=O)OC)ccc1NC(=O)CN1CCC(c2cccc(OCc3ccc(C#N)cc3F)n2)CC1. The maximum absolute atomic E-state index is 14.2. The van der Waals surface area contributed by atoms with Crippen molar-refractivity contribution < 1.29 is 23.5 Å². The molecule has 46 heavy (non-hydrogen) atoms. The first-order chi connectivity index (χ1) is 22.4. The summed E-state index contributed by atoms with van der Waals surface area (Å²) in [5.74, 6) is -0.501. The van der Waals surface area contributed by atoms with Crippen LogP contribution in [0.4, 0.5) is 15.8 Å². The Morgan fingerprint density at radius 2 is 1.93 bits per heavy atom. The summed E-state index contributed by atoms with van der Waals surface area (Å²) in [4.78, 5) is 36.3. The highest BCUT2D eigenvalue weighted by molar-refractivity contribution is 5.98. The fraction of sp³-hybridized carbons (Fsp3) is 0.324. The number of nitriles is 1. The lowest BCUT2D eigenvalue weighted by Gasteiger charge is -2.31. The van der Waals surface area contributed by atoms with E-state index in [1.807, 2.05) is 29.7 Å². The van der Waals surface area contributed by atoms with Crippen molar-refractivity contribution in [2.75, 3.05) is 37.4 Å². The molecule has 0 saturated carbocycles. The standard InChI is InChI=1S/C34H36FN7O4/c1-3-42-22-37-18-27(42)19-38-31-16-25(34(44)45-2)9-10-30(31)39-32(43)20-41-13-11-24(12-14-41)29-5-4-6-33(40-29)46-21-26-8-7-23(17-36)15-28(26)35/h4-10,15-16,18,22,24,38H,3,11-14,19-21H2,1-2H3,(H,39,43). The number of nitrogens with one attached hydrogen (secondary N) is 2. The van der Waals surface area contributed by atoms with Gasteiger partial charge in [0, 0.05) is 36.0 Å². The molecule has 0 atom stereocenters. The van der Waals surface area contributed by atoms with Gasteiger partial charge in [-0.05, 0) is 69.3 Å². The van der Waals surface area contributed by atoms with Crippen molar-refractivity contribution in [1.29, 1.82) is 5.26 Å². The second-order valence-electron chi connectivity index (χ2n) is 11.0. The Morgan fingerprint density at radius 3 is 2.67 bits per heavy atom. The van der Waals surface area contributed by atoms with E-state index in [4.69, 9.17) is 14.7 Å². The van der Waals surface area contributed by atoms with Gasteiger partial charge in [0.05, 0.1) is 60.8 Å². The second-order valence-corrected chi connectivity index (χ2v) is 11.0. The summed E-state index contributed by atoms with van der Waals surface area (Å²) in [6.45, 7) is 4.93. The van der Waals surface area contributed by atoms with Crippen LogP contribution in [0.5, 0.6) is 5.88 Å². The number of likely N-dealkylation sites (tertiary alicyclic amines) is 1. The number of carbonyl (C=O) groups excluding carboxylic acids is 2. The van der Waals surface area contributed by atoms with Gasteiger partial charge in [-0.3, -0.25) is 9.69 Å². The average Bonchev–Trinajstić information content (AvgIpc) is 3.55. The minimum absolute atomic E-state index is 0.00760. The number of ether oxygens (including phenoxy) is 2. The molecular weight excluding hydrogens is 589 g/mol. The number of aromatic nitrogens is 3. The average molecular weight is 626 g/mol. The molecule has 4 aromatic rings. The lowest BCUT2D eigenvalue weighted by atomic mass is 9.93. The maximum atomic E-state index is 14.2. The van der Waals surface area contributed by atoms with Crippen LogP contribution >= 0.6 is 0 Å². The van der Waals surface area contributed by atoms with E-state index in [2.05, 4.69) is 25.5 Å². The van der Waals surface area contributed by atoms with E-state index < -0.39 is 11.8 Å². The van der Waals surface area contributed by atoms with E-state index in [0.29, 0.717) is 48.0 Å². The van der Waals surface area contributed by atoms with Gasteiger partial charge in [-0.15, -0.1) is 0 Å². The summed E-state index contributed by atoms with van der Waals surface area (Å²) in [6.07, 6.45) is 5.18. The van der Waals surface area contributed by atoms with Gasteiger partial charge in [0.2, 0.25) is 11.8 Å². The molecule has 3 heterocycles. The predicted octanol–water partition coefficient (Wildman–Crippen LogP) is 5.10. The zero-order valence-corrected chi connectivity index (χ0v) is 25.8. The first-order valence-corrected chi connectivity index (χ1v) is 15.1. The van der Waals surface area contributed by atoms with Gasteiger partial charge < -0.3 is 24.7 Å². The number of esters is 1. The molecule has 1 fully saturated rings. The molecule has 1 saturated heterocycles. The van der Waals surface area contributed by atoms with Crippen LogP contribution in [0, 0.1) is 17.1 Å². The molecule has 1 amide bonds. The van der Waals surface area contributed by atoms with E-state index in [1.165, 1.54) is 13.2 Å². The summed E-state index contributed by atoms with van der Waals surface area (Å²) in [7, 11) is 1.33. The largest absolute Gasteiger partial charge is 0.473 e. The van der Waals surface area contributed by atoms with Crippen LogP contribution < -0.4 is 15.4 Å². The van der Waals surface area contributed by atoms with E-state index in [1.54, 1.807) is 48.9 Å². The van der Waals surface area contributed by atoms with Crippen LogP contribution in [-0.4, -0.2) is 58.1 Å². The van der Waals surface area contributed by atoms with Gasteiger partial charge in [0.1, 0.15) is 12.4 Å². The van der Waals surface area contributed by atoms with Crippen molar-refractivity contribution in [2.24, 2.45) is 0 Å². The zero-order valence-electron chi connectivity index (χ0n) is 25.8. The van der Waals surface area contributed by atoms with Gasteiger partial charge in [0.25, 0.3) is 0 Å². The number of anilines is 2. The molecular formula is C34H36FN7O4. The lowest BCUT2D eigenvalue weighted by Crippen LogP contribution is -2.39. The highest BCUT2D eigenvalue weighted by Gasteiger charge is 2.24. The Bertz CT molecular complexity index is 1730. The van der Waals surface area contributed by atoms with Crippen LogP contribution in [0.15, 0.2) is 67.1 Å². The number of amides is 1. The highest BCUT2D eigenvalue weighted by Crippen LogP contribution is 2.29. The summed E-state index contributed by atoms with van der Waals surface area (Å²) in [5, 5.41) is 15.3. The van der Waals surface area contributed by atoms with Crippen LogP contribution in [0.3, 0.4) is 0 Å². The number of aryl methyl sites for hydroxylation is 1. The third kappa shape index (κ3) is 8.05. The quantitative estimate of drug-likeness (QED) is 0.206. The Balaban J connectivity index is 1.15. The van der Waals surface area contributed by atoms with E-state index in [-0.39, 0.29) is 30.5 Å². The van der Waals surface area contributed by atoms with Crippen LogP contribution in [-0.2, 0) is 29.2 Å². The molecule has 2 aromatic carbocycles. The molecule has 0 radical (unpaired) electrons. The lowest BCUT2D eigenvalue weighted by molar-refractivity contribution is -0.117. The first kappa shape index (κ1) is 32.1. The Labute approximate surface area is 267 Å². The number of piperidine rings is 1. The number of imidazole rings is 1. The summed E-state index contributed by atoms with van der Waals surface area (Å²) in [6, 6.07) is 16.8. The third-order valence-corrected chi connectivity index (χ3v) is 7.99. The molecule has 12 heteroatoms. The van der Waals surface area contributed by atoms with Crippen molar-refractivity contribution in [3.8, 4) is 11.9 Å². The monoisotopic (exact) mass is 625 g/mol. The minimum atomic E-state index is -0.488. The second kappa shape index (κ2) is 15.1. The Hall–Kier alpha value is -5.28.